The van der Waals surface area contributed by atoms with Gasteiger partial charge in [-0.25, -0.2) is 0 Å². The first-order valence-corrected chi connectivity index (χ1v) is 8.15. The number of carbonyl (C=O) groups is 1. The summed E-state index contributed by atoms with van der Waals surface area (Å²) in [5, 5.41) is 3.95. The fraction of sp³-hybridized carbons (Fsp3) is 0.444. The van der Waals surface area contributed by atoms with Crippen molar-refractivity contribution >= 4 is 5.91 Å². The second-order valence-corrected chi connectivity index (χ2v) is 6.41. The van der Waals surface area contributed by atoms with Gasteiger partial charge < -0.3 is 14.2 Å². The van der Waals surface area contributed by atoms with Crippen LogP contribution in [-0.4, -0.2) is 35.7 Å². The van der Waals surface area contributed by atoms with E-state index in [1.54, 1.807) is 6.07 Å². The molecule has 0 N–H and O–H groups in total. The Kier molecular flexibility index (Phi) is 3.65. The summed E-state index contributed by atoms with van der Waals surface area (Å²) in [7, 11) is 0. The molecule has 1 unspecified atom stereocenters. The van der Waals surface area contributed by atoms with E-state index >= 15 is 0 Å². The van der Waals surface area contributed by atoms with Crippen molar-refractivity contribution < 1.29 is 14.1 Å². The number of hydrogen-bond donors (Lipinski definition) is 0. The molecule has 1 aromatic carbocycles. The number of rotatable bonds is 3. The van der Waals surface area contributed by atoms with Gasteiger partial charge in [-0.3, -0.25) is 4.79 Å². The van der Waals surface area contributed by atoms with Gasteiger partial charge in [0.1, 0.15) is 11.9 Å². The van der Waals surface area contributed by atoms with E-state index in [9.17, 15) is 4.79 Å². The largest absolute Gasteiger partial charge is 0.370 e. The van der Waals surface area contributed by atoms with Crippen molar-refractivity contribution in [3.05, 3.63) is 52.9 Å². The van der Waals surface area contributed by atoms with Gasteiger partial charge >= 0.3 is 0 Å². The zero-order chi connectivity index (χ0) is 15.8. The number of hydrogen-bond acceptors (Lipinski definition) is 4. The zero-order valence-electron chi connectivity index (χ0n) is 13.2. The lowest BCUT2D eigenvalue weighted by Crippen LogP contribution is -2.42. The van der Waals surface area contributed by atoms with Crippen molar-refractivity contribution in [2.45, 2.75) is 31.8 Å². The molecule has 5 nitrogen and oxygen atoms in total. The summed E-state index contributed by atoms with van der Waals surface area (Å²) in [6.45, 7) is 3.74. The van der Waals surface area contributed by atoms with Gasteiger partial charge in [-0.05, 0) is 25.3 Å². The highest BCUT2D eigenvalue weighted by Gasteiger charge is 2.31. The van der Waals surface area contributed by atoms with Crippen LogP contribution < -0.4 is 0 Å². The summed E-state index contributed by atoms with van der Waals surface area (Å²) in [5.74, 6) is 1.24. The van der Waals surface area contributed by atoms with Gasteiger partial charge in [0.05, 0.1) is 13.2 Å². The minimum absolute atomic E-state index is 0.0685. The predicted molar refractivity (Wildman–Crippen MR) is 84.3 cm³/mol. The van der Waals surface area contributed by atoms with Crippen LogP contribution >= 0.6 is 0 Å². The minimum Gasteiger partial charge on any atom is -0.370 e. The quantitative estimate of drug-likeness (QED) is 0.874. The van der Waals surface area contributed by atoms with E-state index < -0.39 is 0 Å². The van der Waals surface area contributed by atoms with Gasteiger partial charge in [0.15, 0.2) is 5.69 Å². The van der Waals surface area contributed by atoms with Gasteiger partial charge in [-0.2, -0.15) is 0 Å². The number of amides is 1. The number of ether oxygens (including phenoxy) is 1. The maximum absolute atomic E-state index is 12.6. The van der Waals surface area contributed by atoms with Gasteiger partial charge in [-0.15, -0.1) is 0 Å². The normalized spacial score (nSPS) is 21.4. The van der Waals surface area contributed by atoms with Crippen molar-refractivity contribution in [3.63, 3.8) is 0 Å². The van der Waals surface area contributed by atoms with E-state index in [2.05, 4.69) is 36.3 Å². The monoisotopic (exact) mass is 312 g/mol. The predicted octanol–water partition coefficient (Wildman–Crippen LogP) is 3.07. The van der Waals surface area contributed by atoms with E-state index in [-0.39, 0.29) is 12.0 Å². The average molecular weight is 312 g/mol. The molecule has 1 aliphatic heterocycles. The summed E-state index contributed by atoms with van der Waals surface area (Å²) in [5.41, 5.74) is 2.73. The molecule has 2 fully saturated rings. The maximum Gasteiger partial charge on any atom is 0.276 e. The Hall–Kier alpha value is -2.14. The van der Waals surface area contributed by atoms with Gasteiger partial charge in [0, 0.05) is 18.5 Å². The van der Waals surface area contributed by atoms with Gasteiger partial charge in [0.25, 0.3) is 5.91 Å². The van der Waals surface area contributed by atoms with Crippen molar-refractivity contribution in [1.29, 1.82) is 0 Å². The van der Waals surface area contributed by atoms with Crippen LogP contribution in [0, 0.1) is 6.92 Å². The first-order chi connectivity index (χ1) is 11.2. The molecule has 1 saturated carbocycles. The van der Waals surface area contributed by atoms with Crippen LogP contribution in [0.25, 0.3) is 0 Å². The Balaban J connectivity index is 1.47. The van der Waals surface area contributed by atoms with Crippen molar-refractivity contribution in [2.24, 2.45) is 0 Å². The second-order valence-electron chi connectivity index (χ2n) is 6.41. The number of morpholine rings is 1. The third kappa shape index (κ3) is 3.01. The Bertz CT molecular complexity index is 703. The van der Waals surface area contributed by atoms with Gasteiger partial charge in [-0.1, -0.05) is 35.0 Å². The molecule has 2 heterocycles. The highest BCUT2D eigenvalue weighted by Crippen LogP contribution is 2.40. The third-order valence-corrected chi connectivity index (χ3v) is 4.53. The summed E-state index contributed by atoms with van der Waals surface area (Å²) >= 11 is 0. The van der Waals surface area contributed by atoms with Crippen LogP contribution in [-0.2, 0) is 4.74 Å². The first-order valence-electron chi connectivity index (χ1n) is 8.15. The number of carbonyl (C=O) groups excluding carboxylic acids is 1. The summed E-state index contributed by atoms with van der Waals surface area (Å²) < 4.78 is 11.1. The van der Waals surface area contributed by atoms with Crippen LogP contribution in [0.4, 0.5) is 0 Å². The lowest BCUT2D eigenvalue weighted by atomic mass is 10.1. The second kappa shape index (κ2) is 5.81. The van der Waals surface area contributed by atoms with Crippen LogP contribution in [0.3, 0.4) is 0 Å². The Morgan fingerprint density at radius 2 is 2.04 bits per heavy atom. The number of aryl methyl sites for hydroxylation is 1. The first kappa shape index (κ1) is 14.5. The minimum atomic E-state index is -0.0805. The molecule has 120 valence electrons. The molecular weight excluding hydrogens is 292 g/mol. The standard InChI is InChI=1S/C18H20N2O3/c1-12-2-4-14(5-3-12)17-11-20(8-9-22-17)18(21)15-10-16(23-19-15)13-6-7-13/h2-5,10,13,17H,6-9,11H2,1H3. The zero-order valence-corrected chi connectivity index (χ0v) is 13.2. The van der Waals surface area contributed by atoms with Crippen molar-refractivity contribution in [1.82, 2.24) is 10.1 Å². The topological polar surface area (TPSA) is 55.6 Å². The fourth-order valence-electron chi connectivity index (χ4n) is 2.93. The molecule has 0 radical (unpaired) electrons. The van der Waals surface area contributed by atoms with E-state index in [1.807, 2.05) is 4.90 Å². The SMILES string of the molecule is Cc1ccc(C2CN(C(=O)c3cc(C4CC4)on3)CCO2)cc1. The molecule has 1 aliphatic carbocycles. The Morgan fingerprint density at radius 3 is 2.78 bits per heavy atom. The lowest BCUT2D eigenvalue weighted by molar-refractivity contribution is -0.0231. The van der Waals surface area contributed by atoms with Crippen LogP contribution in [0.15, 0.2) is 34.9 Å². The lowest BCUT2D eigenvalue weighted by Gasteiger charge is -2.32. The molecule has 2 aliphatic rings. The molecule has 0 bridgehead atoms. The van der Waals surface area contributed by atoms with Crippen LogP contribution in [0.2, 0.25) is 0 Å². The molecule has 1 aromatic heterocycles. The fourth-order valence-corrected chi connectivity index (χ4v) is 2.93. The summed E-state index contributed by atoms with van der Waals surface area (Å²) in [4.78, 5) is 14.4. The van der Waals surface area contributed by atoms with Crippen LogP contribution in [0.1, 0.15) is 52.2 Å². The number of benzene rings is 1. The molecule has 1 atom stereocenters. The molecule has 23 heavy (non-hydrogen) atoms. The van der Waals surface area contributed by atoms with Crippen molar-refractivity contribution in [2.75, 3.05) is 19.7 Å². The number of aromatic nitrogens is 1. The molecule has 2 aromatic rings. The van der Waals surface area contributed by atoms with E-state index in [1.165, 1.54) is 5.56 Å². The Morgan fingerprint density at radius 1 is 1.26 bits per heavy atom. The van der Waals surface area contributed by atoms with E-state index in [4.69, 9.17) is 9.26 Å². The smallest absolute Gasteiger partial charge is 0.276 e. The molecule has 0 spiro atoms. The molecule has 5 heteroatoms. The van der Waals surface area contributed by atoms with Gasteiger partial charge in [0.2, 0.25) is 0 Å². The molecule has 1 saturated heterocycles. The summed E-state index contributed by atoms with van der Waals surface area (Å²) in [6, 6.07) is 10.1. The molecule has 1 amide bonds. The van der Waals surface area contributed by atoms with Crippen LogP contribution in [0.5, 0.6) is 0 Å². The van der Waals surface area contributed by atoms with Crippen molar-refractivity contribution in [3.8, 4) is 0 Å². The maximum atomic E-state index is 12.6. The van der Waals surface area contributed by atoms with E-state index in [0.717, 1.165) is 24.2 Å². The highest BCUT2D eigenvalue weighted by atomic mass is 16.5. The van der Waals surface area contributed by atoms with E-state index in [0.29, 0.717) is 31.3 Å². The Labute approximate surface area is 135 Å². The highest BCUT2D eigenvalue weighted by molar-refractivity contribution is 5.92. The molecule has 4 rings (SSSR count). The number of nitrogens with zero attached hydrogens (tertiary/aromatic N) is 2. The third-order valence-electron chi connectivity index (χ3n) is 4.53. The average Bonchev–Trinajstić information content (AvgIpc) is 3.32. The molecular formula is C18H20N2O3. The summed E-state index contributed by atoms with van der Waals surface area (Å²) in [6.07, 6.45) is 2.19.